The second-order valence-corrected chi connectivity index (χ2v) is 8.12. The van der Waals surface area contributed by atoms with Crippen molar-refractivity contribution in [3.8, 4) is 11.4 Å². The molecule has 2 aromatic heterocycles. The molecule has 0 aliphatic carbocycles. The van der Waals surface area contributed by atoms with Crippen LogP contribution in [0.15, 0.2) is 24.7 Å². The van der Waals surface area contributed by atoms with Gasteiger partial charge < -0.3 is 19.2 Å². The Hall–Kier alpha value is -2.41. The fourth-order valence-corrected chi connectivity index (χ4v) is 3.97. The third kappa shape index (κ3) is 6.29. The van der Waals surface area contributed by atoms with Crippen LogP contribution >= 0.6 is 0 Å². The highest BCUT2D eigenvalue weighted by Gasteiger charge is 2.30. The summed E-state index contributed by atoms with van der Waals surface area (Å²) in [4.78, 5) is 17.9. The summed E-state index contributed by atoms with van der Waals surface area (Å²) in [7, 11) is 0. The molecule has 31 heavy (non-hydrogen) atoms. The first-order chi connectivity index (χ1) is 14.9. The molecule has 3 heterocycles. The van der Waals surface area contributed by atoms with Crippen LogP contribution in [0.5, 0.6) is 0 Å². The predicted octanol–water partition coefficient (Wildman–Crippen LogP) is 2.03. The van der Waals surface area contributed by atoms with Crippen molar-refractivity contribution in [3.63, 3.8) is 0 Å². The predicted molar refractivity (Wildman–Crippen MR) is 116 cm³/mol. The van der Waals surface area contributed by atoms with Crippen molar-refractivity contribution in [2.45, 2.75) is 31.9 Å². The number of rotatable bonds is 9. The van der Waals surface area contributed by atoms with Gasteiger partial charge in [-0.2, -0.15) is 0 Å². The van der Waals surface area contributed by atoms with Gasteiger partial charge in [-0.25, -0.2) is 23.7 Å². The van der Waals surface area contributed by atoms with E-state index in [2.05, 4.69) is 29.6 Å². The Morgan fingerprint density at radius 2 is 2.29 bits per heavy atom. The molecule has 12 heteroatoms. The van der Waals surface area contributed by atoms with Crippen molar-refractivity contribution in [1.29, 1.82) is 5.41 Å². The van der Waals surface area contributed by atoms with Crippen molar-refractivity contribution in [2.24, 2.45) is 0 Å². The van der Waals surface area contributed by atoms with Crippen LogP contribution in [0.3, 0.4) is 0 Å². The van der Waals surface area contributed by atoms with Gasteiger partial charge >= 0.3 is 0 Å². The van der Waals surface area contributed by atoms with Crippen LogP contribution in [-0.4, -0.2) is 74.7 Å². The van der Waals surface area contributed by atoms with E-state index in [1.807, 2.05) is 13.0 Å². The Labute approximate surface area is 182 Å². The van der Waals surface area contributed by atoms with Crippen molar-refractivity contribution >= 4 is 29.0 Å². The van der Waals surface area contributed by atoms with Gasteiger partial charge in [0, 0.05) is 30.5 Å². The third-order valence-electron chi connectivity index (χ3n) is 4.80. The van der Waals surface area contributed by atoms with Crippen molar-refractivity contribution in [2.75, 3.05) is 30.9 Å². The van der Waals surface area contributed by atoms with E-state index in [4.69, 9.17) is 10.1 Å². The van der Waals surface area contributed by atoms with Crippen molar-refractivity contribution < 1.29 is 18.1 Å². The molecule has 3 rings (SSSR count). The van der Waals surface area contributed by atoms with Gasteiger partial charge in [0.15, 0.2) is 0 Å². The second-order valence-electron chi connectivity index (χ2n) is 6.97. The van der Waals surface area contributed by atoms with E-state index in [-0.39, 0.29) is 12.1 Å². The molecule has 1 saturated heterocycles. The third-order valence-corrected chi connectivity index (χ3v) is 5.44. The van der Waals surface area contributed by atoms with Gasteiger partial charge in [0.05, 0.1) is 42.0 Å². The molecular weight excluding hydrogens is 428 g/mol. The number of ether oxygens (including phenoxy) is 1. The highest BCUT2D eigenvalue weighted by Crippen LogP contribution is 2.22. The van der Waals surface area contributed by atoms with Crippen LogP contribution in [0.25, 0.3) is 17.5 Å². The number of anilines is 1. The molecule has 168 valence electrons. The molecule has 3 N–H and O–H groups in total. The number of aromatic nitrogens is 4. The van der Waals surface area contributed by atoms with E-state index >= 15 is 0 Å². The lowest BCUT2D eigenvalue weighted by Crippen LogP contribution is -2.53. The molecule has 0 saturated carbocycles. The Morgan fingerprint density at radius 3 is 3.00 bits per heavy atom. The Balaban J connectivity index is 1.72. The molecule has 0 spiro atoms. The molecule has 0 amide bonds. The number of morpholine rings is 1. The molecule has 1 aliphatic rings. The van der Waals surface area contributed by atoms with Gasteiger partial charge in [0.25, 0.3) is 6.43 Å². The quantitative estimate of drug-likeness (QED) is 0.392. The van der Waals surface area contributed by atoms with Crippen LogP contribution in [-0.2, 0) is 16.1 Å². The lowest BCUT2D eigenvalue weighted by molar-refractivity contribution is 0.0192. The molecule has 0 radical (unpaired) electrons. The van der Waals surface area contributed by atoms with Crippen molar-refractivity contribution in [3.05, 3.63) is 30.5 Å². The first-order valence-corrected chi connectivity index (χ1v) is 11.3. The van der Waals surface area contributed by atoms with E-state index in [0.29, 0.717) is 36.9 Å². The number of aromatic amines is 1. The summed E-state index contributed by atoms with van der Waals surface area (Å²) in [6.07, 6.45) is 4.76. The zero-order chi connectivity index (χ0) is 22.4. The smallest absolute Gasteiger partial charge is 0.279 e. The van der Waals surface area contributed by atoms with E-state index in [1.54, 1.807) is 12.5 Å². The summed E-state index contributed by atoms with van der Waals surface area (Å²) in [5.41, 5.74) is 0.422. The monoisotopic (exact) mass is 453 g/mol. The van der Waals surface area contributed by atoms with E-state index in [1.165, 1.54) is 12.4 Å². The molecule has 3 unspecified atom stereocenters. The Bertz CT molecular complexity index is 909. The zero-order valence-electron chi connectivity index (χ0n) is 17.2. The SMILES string of the molecule is CCC(N[S+](C)[O-])C1CN(c2cc(-c3cnc(/C=C\C(=N)C(F)F)[nH]3)ncn2)CCO1. The van der Waals surface area contributed by atoms with E-state index in [9.17, 15) is 13.3 Å². The fraction of sp³-hybridized carbons (Fsp3) is 0.474. The first kappa shape index (κ1) is 23.3. The standard InChI is InChI=1S/C19H25F2N7O2S/c1-3-13(27-31(2)29)16-10-28(6-7-30-16)18-8-14(24-11-25-18)15-9-23-17(26-15)5-4-12(22)19(20)21/h4-5,8-9,11,13,16,19,22,27H,3,6-7,10H2,1-2H3,(H,23,26)/b5-4-,22-12?. The minimum absolute atomic E-state index is 0.0381. The number of H-pyrrole nitrogens is 1. The molecule has 3 atom stereocenters. The molecule has 0 aromatic carbocycles. The normalized spacial score (nSPS) is 19.2. The maximum absolute atomic E-state index is 12.4. The summed E-state index contributed by atoms with van der Waals surface area (Å²) in [6, 6.07) is 1.78. The topological polar surface area (TPSA) is 126 Å². The second kappa shape index (κ2) is 10.8. The number of hydrogen-bond acceptors (Lipinski definition) is 8. The zero-order valence-corrected chi connectivity index (χ0v) is 18.0. The fourth-order valence-electron chi connectivity index (χ4n) is 3.22. The van der Waals surface area contributed by atoms with Crippen LogP contribution in [0, 0.1) is 5.41 Å². The summed E-state index contributed by atoms with van der Waals surface area (Å²) in [6.45, 7) is 3.79. The number of imidazole rings is 1. The van der Waals surface area contributed by atoms with Gasteiger partial charge in [-0.3, -0.25) is 5.41 Å². The average Bonchev–Trinajstić information content (AvgIpc) is 3.25. The van der Waals surface area contributed by atoms with Crippen LogP contribution in [0.1, 0.15) is 19.2 Å². The van der Waals surface area contributed by atoms with Crippen LogP contribution in [0.2, 0.25) is 0 Å². The number of halogens is 2. The van der Waals surface area contributed by atoms with Crippen LogP contribution < -0.4 is 9.62 Å². The Kier molecular flexibility index (Phi) is 8.07. The molecular formula is C19H25F2N7O2S. The highest BCUT2D eigenvalue weighted by molar-refractivity contribution is 7.88. The first-order valence-electron chi connectivity index (χ1n) is 9.75. The summed E-state index contributed by atoms with van der Waals surface area (Å²) in [5, 5.41) is 7.17. The number of nitrogens with zero attached hydrogens (tertiary/aromatic N) is 4. The summed E-state index contributed by atoms with van der Waals surface area (Å²) in [5.74, 6) is 1.06. The molecule has 9 nitrogen and oxygen atoms in total. The van der Waals surface area contributed by atoms with E-state index < -0.39 is 23.5 Å². The van der Waals surface area contributed by atoms with E-state index in [0.717, 1.165) is 18.3 Å². The maximum Gasteiger partial charge on any atom is 0.279 e. The lowest BCUT2D eigenvalue weighted by atomic mass is 10.1. The van der Waals surface area contributed by atoms with Gasteiger partial charge in [-0.15, -0.1) is 4.72 Å². The van der Waals surface area contributed by atoms with Gasteiger partial charge in [-0.05, 0) is 18.6 Å². The molecule has 1 fully saturated rings. The van der Waals surface area contributed by atoms with Gasteiger partial charge in [0.1, 0.15) is 24.2 Å². The summed E-state index contributed by atoms with van der Waals surface area (Å²) >= 11 is -1.13. The van der Waals surface area contributed by atoms with Gasteiger partial charge in [-0.1, -0.05) is 6.92 Å². The largest absolute Gasteiger partial charge is 0.598 e. The maximum atomic E-state index is 12.4. The van der Waals surface area contributed by atoms with Gasteiger partial charge in [0.2, 0.25) is 0 Å². The van der Waals surface area contributed by atoms with Crippen molar-refractivity contribution in [1.82, 2.24) is 24.7 Å². The molecule has 0 bridgehead atoms. The summed E-state index contributed by atoms with van der Waals surface area (Å²) < 4.78 is 45.4. The average molecular weight is 454 g/mol. The number of alkyl halides is 2. The number of allylic oxidation sites excluding steroid dienone is 1. The number of hydrogen-bond donors (Lipinski definition) is 3. The minimum Gasteiger partial charge on any atom is -0.598 e. The minimum atomic E-state index is -2.83. The lowest BCUT2D eigenvalue weighted by Gasteiger charge is -2.37. The highest BCUT2D eigenvalue weighted by atomic mass is 32.2. The molecule has 1 aliphatic heterocycles. The van der Waals surface area contributed by atoms with Crippen LogP contribution in [0.4, 0.5) is 14.6 Å². The molecule has 2 aromatic rings. The number of nitrogens with one attached hydrogen (secondary N) is 3. The Morgan fingerprint density at radius 1 is 1.48 bits per heavy atom.